The Morgan fingerprint density at radius 1 is 1.44 bits per heavy atom. The number of piperidine rings is 1. The molecule has 0 aromatic carbocycles. The Hall–Kier alpha value is -0.870. The lowest BCUT2D eigenvalue weighted by Gasteiger charge is -2.34. The third-order valence-electron chi connectivity index (χ3n) is 4.18. The number of nitrogens with one attached hydrogen (secondary N) is 1. The number of likely N-dealkylation sites (N-methyl/N-ethyl adjacent to an activating group) is 1. The minimum absolute atomic E-state index is 0.143. The van der Waals surface area contributed by atoms with Crippen molar-refractivity contribution in [3.63, 3.8) is 0 Å². The summed E-state index contributed by atoms with van der Waals surface area (Å²) in [6.45, 7) is 6.65. The van der Waals surface area contributed by atoms with Gasteiger partial charge in [-0.05, 0) is 47.3 Å². The van der Waals surface area contributed by atoms with Crippen molar-refractivity contribution in [2.75, 3.05) is 20.6 Å². The zero-order valence-electron chi connectivity index (χ0n) is 12.1. The minimum Gasteiger partial charge on any atom is -0.331 e. The maximum absolute atomic E-state index is 4.35. The summed E-state index contributed by atoms with van der Waals surface area (Å²) in [5.74, 6) is 0. The second-order valence-corrected chi connectivity index (χ2v) is 6.16. The number of rotatable bonds is 4. The fourth-order valence-electron chi connectivity index (χ4n) is 2.42. The maximum Gasteiger partial charge on any atom is 0.0949 e. The van der Waals surface area contributed by atoms with Gasteiger partial charge in [0, 0.05) is 24.3 Å². The normalized spacial score (nSPS) is 21.5. The second-order valence-electron chi connectivity index (χ2n) is 6.16. The third kappa shape index (κ3) is 2.93. The summed E-state index contributed by atoms with van der Waals surface area (Å²) in [5, 5.41) is 3.60. The van der Waals surface area contributed by atoms with Crippen molar-refractivity contribution in [1.29, 1.82) is 0 Å². The Morgan fingerprint density at radius 3 is 2.83 bits per heavy atom. The molecule has 1 atom stereocenters. The van der Waals surface area contributed by atoms with E-state index in [1.54, 1.807) is 0 Å². The SMILES string of the molecule is CN(C)C(C)(C)Cn1cncc1C1CCCCN1. The van der Waals surface area contributed by atoms with Crippen molar-refractivity contribution in [3.8, 4) is 0 Å². The standard InChI is InChI=1S/C14H26N4/c1-14(2,17(3)4)10-18-11-15-9-13(18)12-7-5-6-8-16-12/h9,11-12,16H,5-8,10H2,1-4H3. The highest BCUT2D eigenvalue weighted by atomic mass is 15.2. The van der Waals surface area contributed by atoms with Crippen molar-refractivity contribution in [3.05, 3.63) is 18.2 Å². The summed E-state index contributed by atoms with van der Waals surface area (Å²) in [6, 6.07) is 0.485. The van der Waals surface area contributed by atoms with Crippen molar-refractivity contribution < 1.29 is 0 Å². The molecule has 1 fully saturated rings. The molecule has 0 saturated carbocycles. The topological polar surface area (TPSA) is 33.1 Å². The highest BCUT2D eigenvalue weighted by Crippen LogP contribution is 2.24. The molecule has 1 aromatic rings. The van der Waals surface area contributed by atoms with E-state index in [2.05, 4.69) is 47.7 Å². The van der Waals surface area contributed by atoms with Gasteiger partial charge in [0.1, 0.15) is 0 Å². The van der Waals surface area contributed by atoms with Gasteiger partial charge in [0.2, 0.25) is 0 Å². The minimum atomic E-state index is 0.143. The molecule has 4 heteroatoms. The Morgan fingerprint density at radius 2 is 2.22 bits per heavy atom. The molecule has 4 nitrogen and oxygen atoms in total. The van der Waals surface area contributed by atoms with Gasteiger partial charge >= 0.3 is 0 Å². The average molecular weight is 250 g/mol. The van der Waals surface area contributed by atoms with Gasteiger partial charge in [0.15, 0.2) is 0 Å². The number of nitrogens with zero attached hydrogens (tertiary/aromatic N) is 3. The van der Waals surface area contributed by atoms with Crippen LogP contribution in [-0.2, 0) is 6.54 Å². The van der Waals surface area contributed by atoms with E-state index in [4.69, 9.17) is 0 Å². The van der Waals surface area contributed by atoms with Crippen LogP contribution in [0.4, 0.5) is 0 Å². The first-order valence-electron chi connectivity index (χ1n) is 6.91. The molecule has 1 saturated heterocycles. The summed E-state index contributed by atoms with van der Waals surface area (Å²) in [4.78, 5) is 6.61. The van der Waals surface area contributed by atoms with E-state index in [0.29, 0.717) is 6.04 Å². The molecular formula is C14H26N4. The lowest BCUT2D eigenvalue weighted by molar-refractivity contribution is 0.166. The molecule has 0 amide bonds. The maximum atomic E-state index is 4.35. The van der Waals surface area contributed by atoms with Crippen LogP contribution < -0.4 is 5.32 Å². The van der Waals surface area contributed by atoms with Gasteiger partial charge in [-0.3, -0.25) is 0 Å². The number of hydrogen-bond donors (Lipinski definition) is 1. The van der Waals surface area contributed by atoms with Crippen molar-refractivity contribution in [2.24, 2.45) is 0 Å². The van der Waals surface area contributed by atoms with E-state index >= 15 is 0 Å². The van der Waals surface area contributed by atoms with Gasteiger partial charge in [-0.25, -0.2) is 4.98 Å². The number of hydrogen-bond acceptors (Lipinski definition) is 3. The van der Waals surface area contributed by atoms with Crippen LogP contribution in [-0.4, -0.2) is 40.6 Å². The van der Waals surface area contributed by atoms with Gasteiger partial charge in [0.05, 0.1) is 12.0 Å². The van der Waals surface area contributed by atoms with Gasteiger partial charge in [-0.1, -0.05) is 6.42 Å². The van der Waals surface area contributed by atoms with Crippen LogP contribution in [0.5, 0.6) is 0 Å². The Balaban J connectivity index is 2.12. The molecule has 0 aliphatic carbocycles. The molecule has 2 rings (SSSR count). The monoisotopic (exact) mass is 250 g/mol. The van der Waals surface area contributed by atoms with E-state index in [1.807, 2.05) is 12.5 Å². The zero-order chi connectivity index (χ0) is 13.2. The molecule has 2 heterocycles. The summed E-state index contributed by atoms with van der Waals surface area (Å²) >= 11 is 0. The van der Waals surface area contributed by atoms with E-state index in [-0.39, 0.29) is 5.54 Å². The Kier molecular flexibility index (Phi) is 4.07. The summed E-state index contributed by atoms with van der Waals surface area (Å²) in [6.07, 6.45) is 7.84. The summed E-state index contributed by atoms with van der Waals surface area (Å²) in [5.41, 5.74) is 1.48. The van der Waals surface area contributed by atoms with Crippen LogP contribution in [0.25, 0.3) is 0 Å². The van der Waals surface area contributed by atoms with Crippen LogP contribution in [0.1, 0.15) is 44.8 Å². The van der Waals surface area contributed by atoms with Crippen LogP contribution in [0.15, 0.2) is 12.5 Å². The Labute approximate surface area is 110 Å². The van der Waals surface area contributed by atoms with E-state index in [1.165, 1.54) is 25.0 Å². The smallest absolute Gasteiger partial charge is 0.0949 e. The number of imidazole rings is 1. The lowest BCUT2D eigenvalue weighted by Crippen LogP contribution is -2.42. The van der Waals surface area contributed by atoms with Gasteiger partial charge in [-0.15, -0.1) is 0 Å². The number of aromatic nitrogens is 2. The molecule has 0 radical (unpaired) electrons. The predicted molar refractivity (Wildman–Crippen MR) is 74.6 cm³/mol. The molecule has 0 spiro atoms. The van der Waals surface area contributed by atoms with E-state index < -0.39 is 0 Å². The second kappa shape index (κ2) is 5.41. The highest BCUT2D eigenvalue weighted by Gasteiger charge is 2.24. The van der Waals surface area contributed by atoms with E-state index in [9.17, 15) is 0 Å². The first kappa shape index (κ1) is 13.6. The molecule has 1 aromatic heterocycles. The molecule has 18 heavy (non-hydrogen) atoms. The van der Waals surface area contributed by atoms with E-state index in [0.717, 1.165) is 13.1 Å². The molecule has 1 N–H and O–H groups in total. The molecule has 0 bridgehead atoms. The molecular weight excluding hydrogens is 224 g/mol. The summed E-state index contributed by atoms with van der Waals surface area (Å²) < 4.78 is 2.31. The largest absolute Gasteiger partial charge is 0.331 e. The Bertz CT molecular complexity index is 375. The third-order valence-corrected chi connectivity index (χ3v) is 4.18. The lowest BCUT2D eigenvalue weighted by atomic mass is 10.0. The first-order valence-corrected chi connectivity index (χ1v) is 6.91. The quantitative estimate of drug-likeness (QED) is 0.887. The predicted octanol–water partition coefficient (Wildman–Crippen LogP) is 2.04. The molecule has 1 aliphatic heterocycles. The van der Waals surface area contributed by atoms with Crippen molar-refractivity contribution in [1.82, 2.24) is 19.8 Å². The van der Waals surface area contributed by atoms with Gasteiger partial charge in [-0.2, -0.15) is 0 Å². The van der Waals surface area contributed by atoms with Crippen molar-refractivity contribution >= 4 is 0 Å². The highest BCUT2D eigenvalue weighted by molar-refractivity contribution is 5.07. The van der Waals surface area contributed by atoms with Crippen LogP contribution in [0.3, 0.4) is 0 Å². The van der Waals surface area contributed by atoms with Crippen LogP contribution in [0, 0.1) is 0 Å². The fourth-order valence-corrected chi connectivity index (χ4v) is 2.42. The molecule has 1 unspecified atom stereocenters. The van der Waals surface area contributed by atoms with Gasteiger partial charge in [0.25, 0.3) is 0 Å². The zero-order valence-corrected chi connectivity index (χ0v) is 12.1. The van der Waals surface area contributed by atoms with Crippen LogP contribution >= 0.6 is 0 Å². The van der Waals surface area contributed by atoms with Crippen molar-refractivity contribution in [2.45, 2.75) is 51.2 Å². The average Bonchev–Trinajstić information content (AvgIpc) is 2.77. The summed E-state index contributed by atoms with van der Waals surface area (Å²) in [7, 11) is 4.27. The first-order chi connectivity index (χ1) is 8.50. The fraction of sp³-hybridized carbons (Fsp3) is 0.786. The molecule has 102 valence electrons. The van der Waals surface area contributed by atoms with Crippen LogP contribution in [0.2, 0.25) is 0 Å². The molecule has 1 aliphatic rings. The van der Waals surface area contributed by atoms with Gasteiger partial charge < -0.3 is 14.8 Å².